The van der Waals surface area contributed by atoms with Crippen LogP contribution in [0.5, 0.6) is 17.2 Å². The second kappa shape index (κ2) is 9.35. The van der Waals surface area contributed by atoms with Crippen molar-refractivity contribution in [2.75, 3.05) is 11.8 Å². The summed E-state index contributed by atoms with van der Waals surface area (Å²) in [6.07, 6.45) is 0. The van der Waals surface area contributed by atoms with Crippen LogP contribution < -0.4 is 19.9 Å². The van der Waals surface area contributed by atoms with Crippen molar-refractivity contribution in [2.24, 2.45) is 5.73 Å². The summed E-state index contributed by atoms with van der Waals surface area (Å²) in [6, 6.07) is 20.1. The van der Waals surface area contributed by atoms with Crippen LogP contribution in [0.4, 0.5) is 5.69 Å². The van der Waals surface area contributed by atoms with Gasteiger partial charge in [-0.05, 0) is 65.4 Å². The molecule has 0 fully saturated rings. The van der Waals surface area contributed by atoms with Crippen LogP contribution in [0.1, 0.15) is 15.9 Å². The first-order valence-corrected chi connectivity index (χ1v) is 11.7. The summed E-state index contributed by atoms with van der Waals surface area (Å²) in [4.78, 5) is 11.8. The normalized spacial score (nSPS) is 11.1. The molecule has 5 N–H and O–H groups in total. The van der Waals surface area contributed by atoms with Crippen LogP contribution in [0.2, 0.25) is 0 Å². The highest BCUT2D eigenvalue weighted by Gasteiger charge is 2.18. The number of benzene rings is 4. The number of sulfonamides is 1. The number of rotatable bonds is 8. The number of carboxylic acid groups (broad SMARTS) is 1. The number of hydrogen-bond acceptors (Lipinski definition) is 6. The highest BCUT2D eigenvalue weighted by molar-refractivity contribution is 7.92. The Morgan fingerprint density at radius 2 is 1.57 bits per heavy atom. The summed E-state index contributed by atoms with van der Waals surface area (Å²) in [5.74, 6) is -0.445. The van der Waals surface area contributed by atoms with E-state index in [9.17, 15) is 18.3 Å². The zero-order valence-corrected chi connectivity index (χ0v) is 19.3. The number of methoxy groups -OCH3 is 1. The van der Waals surface area contributed by atoms with Crippen LogP contribution in [0, 0.1) is 5.41 Å². The number of hydrogen-bond donors (Lipinski definition) is 4. The average Bonchev–Trinajstić information content (AvgIpc) is 2.83. The van der Waals surface area contributed by atoms with Crippen LogP contribution >= 0.6 is 0 Å². The predicted octanol–water partition coefficient (Wildman–Crippen LogP) is 4.42. The van der Waals surface area contributed by atoms with Gasteiger partial charge in [0, 0.05) is 11.6 Å². The molecule has 0 aliphatic heterocycles. The van der Waals surface area contributed by atoms with Crippen molar-refractivity contribution < 1.29 is 27.8 Å². The molecule has 4 aromatic rings. The summed E-state index contributed by atoms with van der Waals surface area (Å²) < 4.78 is 38.9. The van der Waals surface area contributed by atoms with Crippen LogP contribution in [0.15, 0.2) is 83.8 Å². The standard InChI is InChI=1S/C25H21N3O6S/c1-33-19-7-9-21(10-8-19)35(31,32)28-18-5-11-22(25(29)30)23(14-18)34-20-6-4-15-12-17(24(26)27)3-2-16(15)13-20/h2-14,28H,1H3,(H3,26,27)(H,29,30). The lowest BCUT2D eigenvalue weighted by Gasteiger charge is -2.13. The van der Waals surface area contributed by atoms with Gasteiger partial charge in [0.05, 0.1) is 17.7 Å². The highest BCUT2D eigenvalue weighted by atomic mass is 32.2. The quantitative estimate of drug-likeness (QED) is 0.210. The lowest BCUT2D eigenvalue weighted by molar-refractivity contribution is 0.0694. The van der Waals surface area contributed by atoms with Gasteiger partial charge in [0.2, 0.25) is 0 Å². The molecule has 0 aliphatic rings. The van der Waals surface area contributed by atoms with E-state index < -0.39 is 16.0 Å². The molecule has 9 nitrogen and oxygen atoms in total. The van der Waals surface area contributed by atoms with Crippen molar-refractivity contribution in [3.63, 3.8) is 0 Å². The third kappa shape index (κ3) is 5.17. The Kier molecular flexibility index (Phi) is 6.30. The van der Waals surface area contributed by atoms with Gasteiger partial charge < -0.3 is 20.3 Å². The monoisotopic (exact) mass is 491 g/mol. The van der Waals surface area contributed by atoms with Crippen LogP contribution in [-0.2, 0) is 10.0 Å². The van der Waals surface area contributed by atoms with E-state index in [-0.39, 0.29) is 27.7 Å². The van der Waals surface area contributed by atoms with E-state index in [4.69, 9.17) is 20.6 Å². The maximum absolute atomic E-state index is 12.8. The number of carbonyl (C=O) groups is 1. The zero-order valence-electron chi connectivity index (χ0n) is 18.5. The van der Waals surface area contributed by atoms with Crippen molar-refractivity contribution in [2.45, 2.75) is 4.90 Å². The summed E-state index contributed by atoms with van der Waals surface area (Å²) in [6.45, 7) is 0. The van der Waals surface area contributed by atoms with Gasteiger partial charge in [-0.2, -0.15) is 0 Å². The molecule has 178 valence electrons. The summed E-state index contributed by atoms with van der Waals surface area (Å²) in [5.41, 5.74) is 6.12. The SMILES string of the molecule is COc1ccc(S(=O)(=O)Nc2ccc(C(=O)O)c(Oc3ccc4cc(C(=N)N)ccc4c3)c2)cc1. The summed E-state index contributed by atoms with van der Waals surface area (Å²) in [5, 5.41) is 18.8. The minimum atomic E-state index is -3.94. The number of ether oxygens (including phenoxy) is 2. The Morgan fingerprint density at radius 1 is 0.914 bits per heavy atom. The molecule has 0 aromatic heterocycles. The molecule has 0 bridgehead atoms. The van der Waals surface area contributed by atoms with E-state index in [2.05, 4.69) is 4.72 Å². The Balaban J connectivity index is 1.64. The van der Waals surface area contributed by atoms with Gasteiger partial charge in [-0.15, -0.1) is 0 Å². The molecule has 0 amide bonds. The summed E-state index contributed by atoms with van der Waals surface area (Å²) >= 11 is 0. The Hall–Kier alpha value is -4.57. The van der Waals surface area contributed by atoms with Gasteiger partial charge in [-0.1, -0.05) is 18.2 Å². The van der Waals surface area contributed by atoms with Crippen LogP contribution in [-0.4, -0.2) is 32.4 Å². The highest BCUT2D eigenvalue weighted by Crippen LogP contribution is 2.32. The smallest absolute Gasteiger partial charge is 0.339 e. The molecule has 0 radical (unpaired) electrons. The van der Waals surface area contributed by atoms with Crippen molar-refractivity contribution in [3.8, 4) is 17.2 Å². The molecule has 0 aliphatic carbocycles. The van der Waals surface area contributed by atoms with Gasteiger partial charge in [-0.3, -0.25) is 10.1 Å². The van der Waals surface area contributed by atoms with Gasteiger partial charge in [0.25, 0.3) is 10.0 Å². The van der Waals surface area contributed by atoms with E-state index in [1.54, 1.807) is 36.4 Å². The minimum Gasteiger partial charge on any atom is -0.497 e. The molecule has 4 rings (SSSR count). The van der Waals surface area contributed by atoms with Gasteiger partial charge >= 0.3 is 5.97 Å². The number of nitrogen functional groups attached to an aromatic ring is 1. The molecular weight excluding hydrogens is 470 g/mol. The molecule has 0 atom stereocenters. The van der Waals surface area contributed by atoms with Gasteiger partial charge in [0.15, 0.2) is 0 Å². The van der Waals surface area contributed by atoms with Crippen molar-refractivity contribution in [1.29, 1.82) is 5.41 Å². The number of amidine groups is 1. The van der Waals surface area contributed by atoms with Gasteiger partial charge in [-0.25, -0.2) is 13.2 Å². The van der Waals surface area contributed by atoms with Crippen LogP contribution in [0.3, 0.4) is 0 Å². The second-order valence-corrected chi connectivity index (χ2v) is 9.22. The van der Waals surface area contributed by atoms with Crippen molar-refractivity contribution in [1.82, 2.24) is 0 Å². The molecular formula is C25H21N3O6S. The fourth-order valence-corrected chi connectivity index (χ4v) is 4.45. The molecule has 0 unspecified atom stereocenters. The largest absolute Gasteiger partial charge is 0.497 e. The minimum absolute atomic E-state index is 0.0162. The van der Waals surface area contributed by atoms with Crippen molar-refractivity contribution >= 4 is 38.3 Å². The molecule has 0 saturated heterocycles. The maximum atomic E-state index is 12.8. The third-order valence-electron chi connectivity index (χ3n) is 5.18. The van der Waals surface area contributed by atoms with Gasteiger partial charge in [0.1, 0.15) is 28.6 Å². The predicted molar refractivity (Wildman–Crippen MR) is 132 cm³/mol. The number of fused-ring (bicyclic) bond motifs is 1. The Labute approximate surface area is 201 Å². The molecule has 10 heteroatoms. The van der Waals surface area contributed by atoms with Crippen molar-refractivity contribution in [3.05, 3.63) is 90.0 Å². The zero-order chi connectivity index (χ0) is 25.2. The van der Waals surface area contributed by atoms with E-state index in [1.165, 1.54) is 49.6 Å². The number of anilines is 1. The third-order valence-corrected chi connectivity index (χ3v) is 6.58. The Morgan fingerprint density at radius 3 is 2.23 bits per heavy atom. The molecule has 0 heterocycles. The number of nitrogens with two attached hydrogens (primary N) is 1. The first-order valence-electron chi connectivity index (χ1n) is 10.3. The van der Waals surface area contributed by atoms with Crippen LogP contribution in [0.25, 0.3) is 10.8 Å². The summed E-state index contributed by atoms with van der Waals surface area (Å²) in [7, 11) is -2.46. The topological polar surface area (TPSA) is 152 Å². The molecule has 0 saturated carbocycles. The number of carboxylic acids is 1. The number of aromatic carboxylic acids is 1. The lowest BCUT2D eigenvalue weighted by Crippen LogP contribution is -2.13. The fourth-order valence-electron chi connectivity index (χ4n) is 3.40. The van der Waals surface area contributed by atoms with E-state index in [0.29, 0.717) is 17.1 Å². The van der Waals surface area contributed by atoms with E-state index in [0.717, 1.165) is 10.8 Å². The number of nitrogens with one attached hydrogen (secondary N) is 2. The molecule has 4 aromatic carbocycles. The molecule has 35 heavy (non-hydrogen) atoms. The second-order valence-electron chi connectivity index (χ2n) is 7.54. The average molecular weight is 492 g/mol. The lowest BCUT2D eigenvalue weighted by atomic mass is 10.1. The van der Waals surface area contributed by atoms with E-state index in [1.807, 2.05) is 0 Å². The Bertz CT molecular complexity index is 1550. The first-order chi connectivity index (χ1) is 16.7. The fraction of sp³-hybridized carbons (Fsp3) is 0.0400. The van der Waals surface area contributed by atoms with E-state index >= 15 is 0 Å². The first kappa shape index (κ1) is 23.6. The maximum Gasteiger partial charge on any atom is 0.339 e. The molecule has 0 spiro atoms.